The molecule has 2 atom stereocenters. The van der Waals surface area contributed by atoms with E-state index in [1.807, 2.05) is 25.1 Å². The zero-order valence-corrected chi connectivity index (χ0v) is 20.6. The van der Waals surface area contributed by atoms with Gasteiger partial charge < -0.3 is 15.4 Å². The number of morpholine rings is 1. The molecule has 3 aromatic carbocycles. The molecule has 0 saturated carbocycles. The average molecular weight is 501 g/mol. The van der Waals surface area contributed by atoms with Crippen molar-refractivity contribution in [3.63, 3.8) is 0 Å². The molecule has 2 aliphatic heterocycles. The number of hydrogen-bond acceptors (Lipinski definition) is 5. The molecule has 190 valence electrons. The molecule has 3 aromatic rings. The summed E-state index contributed by atoms with van der Waals surface area (Å²) in [5.41, 5.74) is 4.55. The highest BCUT2D eigenvalue weighted by atomic mass is 19.1. The van der Waals surface area contributed by atoms with Crippen LogP contribution in [0.1, 0.15) is 45.9 Å². The van der Waals surface area contributed by atoms with Gasteiger partial charge >= 0.3 is 0 Å². The number of anilines is 1. The normalized spacial score (nSPS) is 18.4. The maximum atomic E-state index is 13.2. The second-order valence-corrected chi connectivity index (χ2v) is 9.35. The quantitative estimate of drug-likeness (QED) is 0.465. The van der Waals surface area contributed by atoms with Crippen LogP contribution in [0, 0.1) is 5.82 Å². The van der Waals surface area contributed by atoms with Gasteiger partial charge in [0.15, 0.2) is 0 Å². The van der Waals surface area contributed by atoms with Gasteiger partial charge in [-0.2, -0.15) is 0 Å². The minimum Gasteiger partial charge on any atom is -0.379 e. The van der Waals surface area contributed by atoms with Gasteiger partial charge in [-0.05, 0) is 66.1 Å². The number of hydrogen-bond donors (Lipinski definition) is 2. The van der Waals surface area contributed by atoms with E-state index in [-0.39, 0.29) is 23.7 Å². The number of ether oxygens (including phenoxy) is 1. The molecular weight excluding hydrogens is 471 g/mol. The Balaban J connectivity index is 1.29. The fourth-order valence-electron chi connectivity index (χ4n) is 4.60. The molecular formula is C29H29FN4O3. The fourth-order valence-corrected chi connectivity index (χ4v) is 4.60. The van der Waals surface area contributed by atoms with Crippen LogP contribution >= 0.6 is 0 Å². The monoisotopic (exact) mass is 500 g/mol. The second kappa shape index (κ2) is 11.0. The number of rotatable bonds is 7. The summed E-state index contributed by atoms with van der Waals surface area (Å²) < 4.78 is 18.6. The molecule has 0 bridgehead atoms. The summed E-state index contributed by atoms with van der Waals surface area (Å²) in [6.45, 7) is 5.98. The molecule has 0 aromatic heterocycles. The number of carbonyl (C=O) groups excluding carboxylic acids is 2. The van der Waals surface area contributed by atoms with E-state index in [2.05, 4.69) is 26.6 Å². The van der Waals surface area contributed by atoms with Crippen LogP contribution in [0.4, 0.5) is 15.8 Å². The molecule has 5 rings (SSSR count). The third-order valence-electron chi connectivity index (χ3n) is 6.70. The first-order chi connectivity index (χ1) is 18.0. The lowest BCUT2D eigenvalue weighted by Gasteiger charge is -2.26. The Labute approximate surface area is 215 Å². The molecule has 7 nitrogen and oxygen atoms in total. The second-order valence-electron chi connectivity index (χ2n) is 9.35. The lowest BCUT2D eigenvalue weighted by molar-refractivity contribution is -0.115. The molecule has 0 spiro atoms. The average Bonchev–Trinajstić information content (AvgIpc) is 3.22. The molecule has 2 unspecified atom stereocenters. The Morgan fingerprint density at radius 3 is 2.73 bits per heavy atom. The van der Waals surface area contributed by atoms with Crippen LogP contribution < -0.4 is 10.6 Å². The molecule has 2 aliphatic rings. The number of aliphatic imine (C=N–C) groups is 1. The van der Waals surface area contributed by atoms with Gasteiger partial charge in [0.1, 0.15) is 11.7 Å². The Morgan fingerprint density at radius 1 is 1.16 bits per heavy atom. The van der Waals surface area contributed by atoms with Crippen molar-refractivity contribution in [2.45, 2.75) is 25.4 Å². The van der Waals surface area contributed by atoms with Gasteiger partial charge in [-0.25, -0.2) is 4.39 Å². The van der Waals surface area contributed by atoms with Gasteiger partial charge in [-0.15, -0.1) is 0 Å². The Hall–Kier alpha value is -3.88. The van der Waals surface area contributed by atoms with Gasteiger partial charge in [0.2, 0.25) is 5.91 Å². The van der Waals surface area contributed by atoms with E-state index in [4.69, 9.17) is 4.74 Å². The highest BCUT2D eigenvalue weighted by Crippen LogP contribution is 2.33. The molecule has 2 heterocycles. The largest absolute Gasteiger partial charge is 0.379 e. The first-order valence-corrected chi connectivity index (χ1v) is 12.4. The van der Waals surface area contributed by atoms with Gasteiger partial charge in [-0.1, -0.05) is 24.3 Å². The van der Waals surface area contributed by atoms with E-state index in [0.717, 1.165) is 49.7 Å². The number of nitrogens with zero attached hydrogens (tertiary/aromatic N) is 2. The molecule has 2 amide bonds. The molecule has 37 heavy (non-hydrogen) atoms. The van der Waals surface area contributed by atoms with Gasteiger partial charge in [0, 0.05) is 37.1 Å². The molecule has 1 saturated heterocycles. The van der Waals surface area contributed by atoms with E-state index in [1.54, 1.807) is 36.5 Å². The van der Waals surface area contributed by atoms with Crippen molar-refractivity contribution >= 4 is 29.4 Å². The summed E-state index contributed by atoms with van der Waals surface area (Å²) >= 11 is 0. The maximum absolute atomic E-state index is 13.2. The maximum Gasteiger partial charge on any atom is 0.251 e. The molecule has 0 aliphatic carbocycles. The number of benzene rings is 3. The summed E-state index contributed by atoms with van der Waals surface area (Å²) in [6.07, 6.45) is 1.64. The number of amides is 2. The van der Waals surface area contributed by atoms with Crippen LogP contribution in [0.3, 0.4) is 0 Å². The number of carbonyl (C=O) groups is 2. The zero-order valence-electron chi connectivity index (χ0n) is 20.6. The first-order valence-electron chi connectivity index (χ1n) is 12.4. The van der Waals surface area contributed by atoms with Crippen molar-refractivity contribution in [3.05, 3.63) is 94.8 Å². The van der Waals surface area contributed by atoms with E-state index < -0.39 is 5.92 Å². The summed E-state index contributed by atoms with van der Waals surface area (Å²) in [7, 11) is 0. The summed E-state index contributed by atoms with van der Waals surface area (Å²) in [5, 5.41) is 5.81. The minimum absolute atomic E-state index is 0.180. The lowest BCUT2D eigenvalue weighted by atomic mass is 9.99. The lowest BCUT2D eigenvalue weighted by Crippen LogP contribution is -2.35. The van der Waals surface area contributed by atoms with Crippen LogP contribution in [0.15, 0.2) is 71.7 Å². The summed E-state index contributed by atoms with van der Waals surface area (Å²) in [5.74, 6) is -1.37. The highest BCUT2D eigenvalue weighted by Gasteiger charge is 2.30. The van der Waals surface area contributed by atoms with Crippen molar-refractivity contribution in [1.29, 1.82) is 0 Å². The molecule has 8 heteroatoms. The van der Waals surface area contributed by atoms with Gasteiger partial charge in [0.05, 0.1) is 24.9 Å². The van der Waals surface area contributed by atoms with E-state index >= 15 is 0 Å². The van der Waals surface area contributed by atoms with Crippen LogP contribution in [-0.4, -0.2) is 49.2 Å². The van der Waals surface area contributed by atoms with Crippen LogP contribution in [0.2, 0.25) is 0 Å². The number of halogens is 1. The standard InChI is InChI=1S/C29H29FN4O3/c1-19(21-5-8-23(30)9-6-21)32-28(35)22-7-10-27-25(16-22)26(29(36)33-27)17-31-24-4-2-3-20(15-24)18-34-11-13-37-14-12-34/h2-10,15-17,19,26H,11-14,18H2,1H3,(H,32,35)(H,33,36). The minimum atomic E-state index is -0.597. The third kappa shape index (κ3) is 5.93. The van der Waals surface area contributed by atoms with Gasteiger partial charge in [0.25, 0.3) is 5.91 Å². The van der Waals surface area contributed by atoms with Crippen molar-refractivity contribution in [2.75, 3.05) is 31.6 Å². The zero-order chi connectivity index (χ0) is 25.8. The SMILES string of the molecule is CC(NC(=O)c1ccc2c(c1)C(C=Nc1cccc(CN3CCOCC3)c1)C(=O)N2)c1ccc(F)cc1. The van der Waals surface area contributed by atoms with Gasteiger partial charge in [-0.3, -0.25) is 19.5 Å². The van der Waals surface area contributed by atoms with Crippen LogP contribution in [-0.2, 0) is 16.1 Å². The first kappa shape index (κ1) is 24.8. The number of fused-ring (bicyclic) bond motifs is 1. The topological polar surface area (TPSA) is 83.0 Å². The van der Waals surface area contributed by atoms with Crippen LogP contribution in [0.25, 0.3) is 0 Å². The van der Waals surface area contributed by atoms with E-state index in [0.29, 0.717) is 16.8 Å². The fraction of sp³-hybridized carbons (Fsp3) is 0.276. The summed E-state index contributed by atoms with van der Waals surface area (Å²) in [6, 6.07) is 18.9. The predicted molar refractivity (Wildman–Crippen MR) is 141 cm³/mol. The number of nitrogens with one attached hydrogen (secondary N) is 2. The van der Waals surface area contributed by atoms with E-state index in [1.165, 1.54) is 12.1 Å². The Kier molecular flexibility index (Phi) is 7.39. The van der Waals surface area contributed by atoms with Crippen molar-refractivity contribution in [3.8, 4) is 0 Å². The predicted octanol–water partition coefficient (Wildman–Crippen LogP) is 4.59. The molecule has 1 fully saturated rings. The molecule has 0 radical (unpaired) electrons. The van der Waals surface area contributed by atoms with Crippen molar-refractivity contribution in [1.82, 2.24) is 10.2 Å². The molecule has 2 N–H and O–H groups in total. The van der Waals surface area contributed by atoms with Crippen molar-refractivity contribution < 1.29 is 18.7 Å². The Bertz CT molecular complexity index is 1320. The summed E-state index contributed by atoms with van der Waals surface area (Å²) in [4.78, 5) is 32.6. The third-order valence-corrected chi connectivity index (χ3v) is 6.70. The van der Waals surface area contributed by atoms with Crippen LogP contribution in [0.5, 0.6) is 0 Å². The Morgan fingerprint density at radius 2 is 1.95 bits per heavy atom. The highest BCUT2D eigenvalue weighted by molar-refractivity contribution is 6.13. The van der Waals surface area contributed by atoms with Crippen molar-refractivity contribution in [2.24, 2.45) is 4.99 Å². The smallest absolute Gasteiger partial charge is 0.251 e. The van der Waals surface area contributed by atoms with E-state index in [9.17, 15) is 14.0 Å².